The Balaban J connectivity index is 3.39. The molecule has 0 aliphatic rings. The van der Waals surface area contributed by atoms with E-state index >= 15 is 0 Å². The minimum atomic E-state index is -2.98. The number of halogens is 3. The molecular weight excluding hydrogens is 147 g/mol. The highest BCUT2D eigenvalue weighted by atomic mass is 19.3. The Morgan fingerprint density at radius 1 is 1.40 bits per heavy atom. The van der Waals surface area contributed by atoms with Crippen LogP contribution in [0.2, 0.25) is 0 Å². The van der Waals surface area contributed by atoms with Gasteiger partial charge >= 0.3 is 0 Å². The van der Waals surface area contributed by atoms with E-state index in [1.54, 1.807) is 0 Å². The van der Waals surface area contributed by atoms with Crippen LogP contribution in [0.1, 0.15) is 6.42 Å². The SMILES string of the molecule is [N-]=[N+]=NCCC(F)C(F)F. The smallest absolute Gasteiger partial charge is 0.241 e. The van der Waals surface area contributed by atoms with Crippen LogP contribution in [0.25, 0.3) is 10.4 Å². The van der Waals surface area contributed by atoms with Gasteiger partial charge in [-0.15, -0.1) is 0 Å². The van der Waals surface area contributed by atoms with Crippen molar-refractivity contribution in [3.63, 3.8) is 0 Å². The Morgan fingerprint density at radius 2 is 2.00 bits per heavy atom. The van der Waals surface area contributed by atoms with E-state index in [0.29, 0.717) is 0 Å². The van der Waals surface area contributed by atoms with Crippen molar-refractivity contribution in [2.45, 2.75) is 19.0 Å². The predicted molar refractivity (Wildman–Crippen MR) is 29.5 cm³/mol. The lowest BCUT2D eigenvalue weighted by molar-refractivity contribution is 0.0468. The van der Waals surface area contributed by atoms with Gasteiger partial charge in [0, 0.05) is 11.5 Å². The van der Waals surface area contributed by atoms with Crippen LogP contribution in [-0.4, -0.2) is 19.1 Å². The average Bonchev–Trinajstić information content (AvgIpc) is 1.88. The second-order valence-electron chi connectivity index (χ2n) is 1.59. The van der Waals surface area contributed by atoms with Gasteiger partial charge in [-0.05, 0) is 12.0 Å². The summed E-state index contributed by atoms with van der Waals surface area (Å²) in [5, 5.41) is 2.90. The molecule has 0 saturated heterocycles. The van der Waals surface area contributed by atoms with Crippen molar-refractivity contribution in [1.29, 1.82) is 0 Å². The van der Waals surface area contributed by atoms with Crippen LogP contribution in [-0.2, 0) is 0 Å². The molecule has 0 aromatic heterocycles. The number of azide groups is 1. The molecule has 0 spiro atoms. The number of hydrogen-bond acceptors (Lipinski definition) is 1. The van der Waals surface area contributed by atoms with Crippen LogP contribution >= 0.6 is 0 Å². The fourth-order valence-electron chi connectivity index (χ4n) is 0.352. The molecule has 0 aliphatic carbocycles. The van der Waals surface area contributed by atoms with Crippen LogP contribution in [0, 0.1) is 0 Å². The first-order valence-electron chi connectivity index (χ1n) is 2.61. The third kappa shape index (κ3) is 4.03. The van der Waals surface area contributed by atoms with Crippen molar-refractivity contribution in [3.8, 4) is 0 Å². The van der Waals surface area contributed by atoms with Crippen molar-refractivity contribution >= 4 is 0 Å². The molecule has 0 radical (unpaired) electrons. The number of hydrogen-bond donors (Lipinski definition) is 0. The highest BCUT2D eigenvalue weighted by Gasteiger charge is 2.17. The number of alkyl halides is 3. The molecule has 3 nitrogen and oxygen atoms in total. The van der Waals surface area contributed by atoms with Crippen molar-refractivity contribution in [3.05, 3.63) is 10.4 Å². The first-order chi connectivity index (χ1) is 4.68. The summed E-state index contributed by atoms with van der Waals surface area (Å²) in [5.74, 6) is 0. The van der Waals surface area contributed by atoms with Gasteiger partial charge in [-0.3, -0.25) is 0 Å². The minimum absolute atomic E-state index is 0.220. The number of nitrogens with zero attached hydrogens (tertiary/aromatic N) is 3. The molecule has 0 saturated carbocycles. The molecule has 0 amide bonds. The van der Waals surface area contributed by atoms with E-state index in [2.05, 4.69) is 10.0 Å². The van der Waals surface area contributed by atoms with E-state index < -0.39 is 19.0 Å². The lowest BCUT2D eigenvalue weighted by Gasteiger charge is -2.01. The van der Waals surface area contributed by atoms with Crippen LogP contribution in [0.4, 0.5) is 13.2 Å². The largest absolute Gasteiger partial charge is 0.269 e. The predicted octanol–water partition coefficient (Wildman–Crippen LogP) is 2.29. The Labute approximate surface area is 55.5 Å². The van der Waals surface area contributed by atoms with E-state index in [1.807, 2.05) is 0 Å². The fraction of sp³-hybridized carbons (Fsp3) is 1.00. The molecule has 58 valence electrons. The highest BCUT2D eigenvalue weighted by molar-refractivity contribution is 4.60. The zero-order valence-corrected chi connectivity index (χ0v) is 5.04. The molecule has 1 atom stereocenters. The lowest BCUT2D eigenvalue weighted by Crippen LogP contribution is -2.12. The second kappa shape index (κ2) is 4.93. The van der Waals surface area contributed by atoms with Gasteiger partial charge in [-0.1, -0.05) is 5.11 Å². The minimum Gasteiger partial charge on any atom is -0.241 e. The summed E-state index contributed by atoms with van der Waals surface area (Å²) in [6, 6.07) is 0. The summed E-state index contributed by atoms with van der Waals surface area (Å²) in [7, 11) is 0. The summed E-state index contributed by atoms with van der Waals surface area (Å²) in [5.41, 5.74) is 7.67. The maximum atomic E-state index is 11.9. The summed E-state index contributed by atoms with van der Waals surface area (Å²) in [6.07, 6.45) is -5.57. The molecule has 0 aromatic rings. The van der Waals surface area contributed by atoms with Crippen molar-refractivity contribution < 1.29 is 13.2 Å². The van der Waals surface area contributed by atoms with Gasteiger partial charge in [0.15, 0.2) is 6.17 Å². The summed E-state index contributed by atoms with van der Waals surface area (Å²) >= 11 is 0. The molecule has 0 bridgehead atoms. The van der Waals surface area contributed by atoms with E-state index in [-0.39, 0.29) is 6.54 Å². The first-order valence-corrected chi connectivity index (χ1v) is 2.61. The molecule has 1 unspecified atom stereocenters. The van der Waals surface area contributed by atoms with Crippen LogP contribution < -0.4 is 0 Å². The molecule has 0 rings (SSSR count). The maximum absolute atomic E-state index is 11.9. The zero-order valence-electron chi connectivity index (χ0n) is 5.04. The van der Waals surface area contributed by atoms with Crippen molar-refractivity contribution in [2.24, 2.45) is 5.11 Å². The lowest BCUT2D eigenvalue weighted by atomic mass is 10.3. The van der Waals surface area contributed by atoms with Gasteiger partial charge in [-0.25, -0.2) is 13.2 Å². The Kier molecular flexibility index (Phi) is 4.49. The third-order valence-corrected chi connectivity index (χ3v) is 0.842. The van der Waals surface area contributed by atoms with Gasteiger partial charge in [0.2, 0.25) is 0 Å². The van der Waals surface area contributed by atoms with Crippen LogP contribution in [0.15, 0.2) is 5.11 Å². The fourth-order valence-corrected chi connectivity index (χ4v) is 0.352. The molecule has 0 aromatic carbocycles. The summed E-state index contributed by atoms with van der Waals surface area (Å²) < 4.78 is 34.6. The van der Waals surface area contributed by atoms with Crippen LogP contribution in [0.3, 0.4) is 0 Å². The van der Waals surface area contributed by atoms with Gasteiger partial charge < -0.3 is 0 Å². The standard InChI is InChI=1S/C4H6F3N3/c5-3(4(6)7)1-2-9-10-8/h3-4H,1-2H2. The molecule has 0 heterocycles. The van der Waals surface area contributed by atoms with E-state index in [0.717, 1.165) is 0 Å². The van der Waals surface area contributed by atoms with Crippen molar-refractivity contribution in [1.82, 2.24) is 0 Å². The maximum Gasteiger partial charge on any atom is 0.269 e. The van der Waals surface area contributed by atoms with Gasteiger partial charge in [-0.2, -0.15) is 0 Å². The average molecular weight is 153 g/mol. The molecular formula is C4H6F3N3. The Bertz CT molecular complexity index is 132. The second-order valence-corrected chi connectivity index (χ2v) is 1.59. The quantitative estimate of drug-likeness (QED) is 0.338. The van der Waals surface area contributed by atoms with Crippen molar-refractivity contribution in [2.75, 3.05) is 6.54 Å². The monoisotopic (exact) mass is 153 g/mol. The van der Waals surface area contributed by atoms with E-state index in [9.17, 15) is 13.2 Å². The first kappa shape index (κ1) is 9.10. The van der Waals surface area contributed by atoms with Gasteiger partial charge in [0.05, 0.1) is 0 Å². The Hall–Kier alpha value is -0.900. The van der Waals surface area contributed by atoms with Gasteiger partial charge in [0.1, 0.15) is 0 Å². The topological polar surface area (TPSA) is 48.8 Å². The van der Waals surface area contributed by atoms with Crippen LogP contribution in [0.5, 0.6) is 0 Å². The van der Waals surface area contributed by atoms with E-state index in [1.165, 1.54) is 0 Å². The molecule has 0 N–H and O–H groups in total. The summed E-state index contributed by atoms with van der Waals surface area (Å²) in [6.45, 7) is -0.220. The highest BCUT2D eigenvalue weighted by Crippen LogP contribution is 2.08. The molecule has 6 heteroatoms. The number of rotatable bonds is 4. The van der Waals surface area contributed by atoms with E-state index in [4.69, 9.17) is 5.53 Å². The Morgan fingerprint density at radius 3 is 2.40 bits per heavy atom. The van der Waals surface area contributed by atoms with Gasteiger partial charge in [0.25, 0.3) is 6.43 Å². The molecule has 10 heavy (non-hydrogen) atoms. The third-order valence-electron chi connectivity index (χ3n) is 0.842. The summed E-state index contributed by atoms with van der Waals surface area (Å²) in [4.78, 5) is 2.28. The molecule has 0 fully saturated rings. The zero-order chi connectivity index (χ0) is 7.98. The molecule has 0 aliphatic heterocycles. The normalized spacial score (nSPS) is 12.8.